The highest BCUT2D eigenvalue weighted by Gasteiger charge is 2.40. The van der Waals surface area contributed by atoms with E-state index in [-0.39, 0.29) is 0 Å². The molecule has 0 radical (unpaired) electrons. The van der Waals surface area contributed by atoms with E-state index >= 15 is 0 Å². The molecule has 2 aliphatic rings. The van der Waals surface area contributed by atoms with Crippen LogP contribution in [0.4, 0.5) is 0 Å². The van der Waals surface area contributed by atoms with Crippen molar-refractivity contribution in [2.75, 3.05) is 0 Å². The summed E-state index contributed by atoms with van der Waals surface area (Å²) >= 11 is 11.2. The molecule has 0 aromatic carbocycles. The van der Waals surface area contributed by atoms with E-state index in [0.29, 0.717) is 0 Å². The molecule has 1 heterocycles. The van der Waals surface area contributed by atoms with Crippen LogP contribution in [0.25, 0.3) is 0 Å². The minimum absolute atomic E-state index is 0.777. The topological polar surface area (TPSA) is 12.0 Å². The monoisotopic (exact) mass is 319 g/mol. The smallest absolute Gasteiger partial charge is 0.107 e. The van der Waals surface area contributed by atoms with Crippen molar-refractivity contribution in [2.24, 2.45) is 11.8 Å². The number of hydrogen-bond donors (Lipinski definition) is 1. The van der Waals surface area contributed by atoms with E-state index in [2.05, 4.69) is 27.3 Å². The molecule has 0 aliphatic heterocycles. The van der Waals surface area contributed by atoms with Gasteiger partial charge in [-0.05, 0) is 59.5 Å². The molecular weight excluding hydrogens is 306 g/mol. The van der Waals surface area contributed by atoms with Crippen LogP contribution >= 0.6 is 38.9 Å². The van der Waals surface area contributed by atoms with Gasteiger partial charge in [0.25, 0.3) is 0 Å². The van der Waals surface area contributed by atoms with Crippen LogP contribution in [0.5, 0.6) is 0 Å². The van der Waals surface area contributed by atoms with Gasteiger partial charge in [0.15, 0.2) is 0 Å². The Balaban J connectivity index is 1.57. The van der Waals surface area contributed by atoms with Crippen LogP contribution in [0.15, 0.2) is 10.5 Å². The highest BCUT2D eigenvalue weighted by molar-refractivity contribution is 9.10. The van der Waals surface area contributed by atoms with Crippen molar-refractivity contribution in [3.8, 4) is 0 Å². The molecule has 3 rings (SSSR count). The number of nitrogens with one attached hydrogen (secondary N) is 1. The number of thiophene rings is 1. The fraction of sp³-hybridized carbons (Fsp3) is 0.667. The molecule has 1 aromatic heterocycles. The van der Waals surface area contributed by atoms with Crippen molar-refractivity contribution in [3.63, 3.8) is 0 Å². The third-order valence-electron chi connectivity index (χ3n) is 3.47. The van der Waals surface area contributed by atoms with E-state index in [9.17, 15) is 0 Å². The zero-order valence-electron chi connectivity index (χ0n) is 9.01. The SMILES string of the molecule is Clc1sc(CNC(C2CC2)C2CC2)cc1Br. The summed E-state index contributed by atoms with van der Waals surface area (Å²) in [4.78, 5) is 1.34. The fourth-order valence-corrected chi connectivity index (χ4v) is 4.07. The van der Waals surface area contributed by atoms with E-state index in [1.807, 2.05) is 0 Å². The minimum Gasteiger partial charge on any atom is -0.309 e. The van der Waals surface area contributed by atoms with Gasteiger partial charge in [-0.15, -0.1) is 11.3 Å². The third-order valence-corrected chi connectivity index (χ3v) is 5.94. The Hall–Kier alpha value is 0.430. The van der Waals surface area contributed by atoms with Gasteiger partial charge in [-0.3, -0.25) is 0 Å². The summed E-state index contributed by atoms with van der Waals surface area (Å²) in [6, 6.07) is 2.91. The standard InChI is InChI=1S/C12H15BrClNS/c13-10-5-9(16-12(10)14)6-15-11(7-1-2-7)8-3-4-8/h5,7-8,11,15H,1-4,6H2. The summed E-state index contributed by atoms with van der Waals surface area (Å²) in [6.45, 7) is 0.980. The van der Waals surface area contributed by atoms with Crippen molar-refractivity contribution < 1.29 is 0 Å². The van der Waals surface area contributed by atoms with Gasteiger partial charge in [-0.25, -0.2) is 0 Å². The van der Waals surface area contributed by atoms with Crippen molar-refractivity contribution in [3.05, 3.63) is 19.8 Å². The summed E-state index contributed by atoms with van der Waals surface area (Å²) in [5.41, 5.74) is 0. The Labute approximate surface area is 114 Å². The van der Waals surface area contributed by atoms with Gasteiger partial charge in [-0.2, -0.15) is 0 Å². The number of halogens is 2. The lowest BCUT2D eigenvalue weighted by Gasteiger charge is -2.16. The van der Waals surface area contributed by atoms with Crippen molar-refractivity contribution >= 4 is 38.9 Å². The van der Waals surface area contributed by atoms with Crippen LogP contribution in [-0.2, 0) is 6.54 Å². The first-order chi connectivity index (χ1) is 7.74. The predicted octanol–water partition coefficient (Wildman–Crippen LogP) is 4.44. The Morgan fingerprint density at radius 1 is 1.38 bits per heavy atom. The van der Waals surface area contributed by atoms with Crippen molar-refractivity contribution in [2.45, 2.75) is 38.3 Å². The molecule has 0 saturated heterocycles. The van der Waals surface area contributed by atoms with Gasteiger partial charge in [0.1, 0.15) is 4.34 Å². The van der Waals surface area contributed by atoms with E-state index in [4.69, 9.17) is 11.6 Å². The van der Waals surface area contributed by atoms with Gasteiger partial charge in [0.2, 0.25) is 0 Å². The van der Waals surface area contributed by atoms with E-state index < -0.39 is 0 Å². The Bertz CT molecular complexity index is 353. The maximum Gasteiger partial charge on any atom is 0.107 e. The average Bonchev–Trinajstić information content (AvgIpc) is 3.12. The van der Waals surface area contributed by atoms with Crippen LogP contribution in [0.2, 0.25) is 4.34 Å². The summed E-state index contributed by atoms with van der Waals surface area (Å²) in [5.74, 6) is 1.93. The molecule has 1 N–H and O–H groups in total. The molecule has 4 heteroatoms. The van der Waals surface area contributed by atoms with E-state index in [1.54, 1.807) is 11.3 Å². The van der Waals surface area contributed by atoms with Crippen molar-refractivity contribution in [1.82, 2.24) is 5.32 Å². The molecule has 2 fully saturated rings. The Kier molecular flexibility index (Phi) is 3.31. The number of hydrogen-bond acceptors (Lipinski definition) is 2. The molecule has 0 bridgehead atoms. The summed E-state index contributed by atoms with van der Waals surface area (Å²) in [7, 11) is 0. The highest BCUT2D eigenvalue weighted by Crippen LogP contribution is 2.44. The maximum atomic E-state index is 6.04. The molecular formula is C12H15BrClNS. The van der Waals surface area contributed by atoms with Gasteiger partial charge in [0, 0.05) is 21.9 Å². The minimum atomic E-state index is 0.777. The predicted molar refractivity (Wildman–Crippen MR) is 73.1 cm³/mol. The van der Waals surface area contributed by atoms with Crippen LogP contribution in [0.1, 0.15) is 30.6 Å². The quantitative estimate of drug-likeness (QED) is 0.845. The second-order valence-electron chi connectivity index (χ2n) is 4.92. The maximum absolute atomic E-state index is 6.04. The summed E-state index contributed by atoms with van der Waals surface area (Å²) < 4.78 is 1.90. The molecule has 0 amide bonds. The molecule has 2 saturated carbocycles. The Morgan fingerprint density at radius 3 is 2.44 bits per heavy atom. The highest BCUT2D eigenvalue weighted by atomic mass is 79.9. The van der Waals surface area contributed by atoms with Crippen LogP contribution in [0, 0.1) is 11.8 Å². The first-order valence-electron chi connectivity index (χ1n) is 5.91. The zero-order chi connectivity index (χ0) is 11.1. The first-order valence-corrected chi connectivity index (χ1v) is 7.90. The largest absolute Gasteiger partial charge is 0.309 e. The first kappa shape index (κ1) is 11.5. The second-order valence-corrected chi connectivity index (χ2v) is 7.51. The summed E-state index contributed by atoms with van der Waals surface area (Å²) in [5, 5.41) is 3.73. The van der Waals surface area contributed by atoms with E-state index in [1.165, 1.54) is 30.6 Å². The van der Waals surface area contributed by atoms with Crippen LogP contribution < -0.4 is 5.32 Å². The van der Waals surface area contributed by atoms with Crippen LogP contribution in [0.3, 0.4) is 0 Å². The molecule has 88 valence electrons. The zero-order valence-corrected chi connectivity index (χ0v) is 12.2. The second kappa shape index (κ2) is 4.60. The van der Waals surface area contributed by atoms with Gasteiger partial charge in [-0.1, -0.05) is 11.6 Å². The lowest BCUT2D eigenvalue weighted by atomic mass is 10.1. The molecule has 2 aliphatic carbocycles. The molecule has 1 aromatic rings. The lowest BCUT2D eigenvalue weighted by molar-refractivity contribution is 0.417. The molecule has 1 nitrogen and oxygen atoms in total. The lowest BCUT2D eigenvalue weighted by Crippen LogP contribution is -2.32. The third kappa shape index (κ3) is 2.63. The average molecular weight is 321 g/mol. The van der Waals surface area contributed by atoms with E-state index in [0.717, 1.165) is 33.2 Å². The van der Waals surface area contributed by atoms with Crippen LogP contribution in [-0.4, -0.2) is 6.04 Å². The van der Waals surface area contributed by atoms with Crippen molar-refractivity contribution in [1.29, 1.82) is 0 Å². The Morgan fingerprint density at radius 2 is 2.00 bits per heavy atom. The molecule has 0 atom stereocenters. The summed E-state index contributed by atoms with van der Waals surface area (Å²) in [6.07, 6.45) is 5.73. The normalized spacial score (nSPS) is 20.7. The van der Waals surface area contributed by atoms with Gasteiger partial charge >= 0.3 is 0 Å². The fourth-order valence-electron chi connectivity index (χ4n) is 2.33. The molecule has 0 unspecified atom stereocenters. The van der Waals surface area contributed by atoms with Gasteiger partial charge < -0.3 is 5.32 Å². The molecule has 16 heavy (non-hydrogen) atoms. The number of rotatable bonds is 5. The molecule has 0 spiro atoms. The van der Waals surface area contributed by atoms with Gasteiger partial charge in [0.05, 0.1) is 0 Å².